The molecule has 2 aliphatic rings. The van der Waals surface area contributed by atoms with Crippen molar-refractivity contribution in [2.24, 2.45) is 10.8 Å². The zero-order valence-corrected chi connectivity index (χ0v) is 24.9. The molecular weight excluding hydrogens is 522 g/mol. The molecule has 0 saturated carbocycles. The van der Waals surface area contributed by atoms with E-state index in [9.17, 15) is 0 Å². The third-order valence-electron chi connectivity index (χ3n) is 6.69. The second-order valence-electron chi connectivity index (χ2n) is 11.0. The summed E-state index contributed by atoms with van der Waals surface area (Å²) in [5, 5.41) is 0. The summed E-state index contributed by atoms with van der Waals surface area (Å²) in [6.45, 7) is 16.9. The molecule has 2 aromatic rings. The van der Waals surface area contributed by atoms with Crippen LogP contribution in [0.1, 0.15) is 75.2 Å². The van der Waals surface area contributed by atoms with Gasteiger partial charge in [0.15, 0.2) is 0 Å². The van der Waals surface area contributed by atoms with Gasteiger partial charge < -0.3 is 24.8 Å². The Hall–Kier alpha value is -1.01. The second kappa shape index (κ2) is 10.7. The van der Waals surface area contributed by atoms with E-state index in [0.717, 1.165) is 6.42 Å². The molecule has 0 N–H and O–H groups in total. The normalized spacial score (nSPS) is 17.7. The molecule has 0 saturated heterocycles. The molecular formula is C30H36Cl2Zr. The largest absolute Gasteiger partial charge is 1.00 e. The van der Waals surface area contributed by atoms with Crippen LogP contribution in [-0.2, 0) is 21.3 Å². The maximum absolute atomic E-state index is 2.57. The fourth-order valence-electron chi connectivity index (χ4n) is 5.35. The van der Waals surface area contributed by atoms with E-state index in [0.29, 0.717) is 3.63 Å². The van der Waals surface area contributed by atoms with Gasteiger partial charge in [-0.15, -0.1) is 0 Å². The van der Waals surface area contributed by atoms with E-state index in [1.165, 1.54) is 11.1 Å². The molecule has 1 unspecified atom stereocenters. The zero-order chi connectivity index (χ0) is 22.4. The van der Waals surface area contributed by atoms with Crippen LogP contribution in [0.4, 0.5) is 0 Å². The second-order valence-corrected chi connectivity index (χ2v) is 17.9. The van der Waals surface area contributed by atoms with Gasteiger partial charge in [-0.2, -0.15) is 0 Å². The molecule has 0 fully saturated rings. The molecule has 0 nitrogen and oxygen atoms in total. The summed E-state index contributed by atoms with van der Waals surface area (Å²) in [5.41, 5.74) is 8.02. The van der Waals surface area contributed by atoms with Crippen molar-refractivity contribution in [3.63, 3.8) is 0 Å². The quantitative estimate of drug-likeness (QED) is 0.543. The summed E-state index contributed by atoms with van der Waals surface area (Å²) in [5.74, 6) is 0. The van der Waals surface area contributed by atoms with Crippen molar-refractivity contribution in [2.75, 3.05) is 0 Å². The van der Waals surface area contributed by atoms with Gasteiger partial charge in [-0.1, -0.05) is 0 Å². The molecule has 0 radical (unpaired) electrons. The molecule has 1 atom stereocenters. The van der Waals surface area contributed by atoms with E-state index in [2.05, 4.69) is 121 Å². The average molecular weight is 559 g/mol. The number of hydrogen-bond donors (Lipinski definition) is 0. The fraction of sp³-hybridized carbons (Fsp3) is 0.367. The van der Waals surface area contributed by atoms with Crippen LogP contribution in [0.5, 0.6) is 0 Å². The SMILES string of the molecule is C/[C](c1ccccc1)=[Zr+2](/[C]1=C(C(C)(C)C)C(C(C)(C)C)=CC1)[CH]1C=Cc2ccccc21.[Cl-].[Cl-]. The molecule has 3 heteroatoms. The monoisotopic (exact) mass is 556 g/mol. The first-order valence-electron chi connectivity index (χ1n) is 11.6. The van der Waals surface area contributed by atoms with Crippen LogP contribution >= 0.6 is 0 Å². The zero-order valence-electron chi connectivity index (χ0n) is 21.0. The van der Waals surface area contributed by atoms with Gasteiger partial charge in [0.25, 0.3) is 0 Å². The maximum atomic E-state index is 2.57. The number of rotatable bonds is 3. The standard InChI is InChI=1S/C13H21.C9H7.C8H8.2ClH.Zr/c1-12(2,3)10-8-7-9-11(10)13(4,5)6;1-2-5-9-7-3-6-8(9)4-1;1-2-8-6-4-3-5-7-8;;;/h8H,7H2,1-6H3;1-7H;3-7H,1H3;2*1H;/q;;;;;+2/p-2. The van der Waals surface area contributed by atoms with Gasteiger partial charge in [0.2, 0.25) is 0 Å². The Morgan fingerprint density at radius 3 is 2.03 bits per heavy atom. The van der Waals surface area contributed by atoms with Gasteiger partial charge >= 0.3 is 198 Å². The van der Waals surface area contributed by atoms with E-state index < -0.39 is 21.3 Å². The summed E-state index contributed by atoms with van der Waals surface area (Å²) in [6, 6.07) is 20.3. The van der Waals surface area contributed by atoms with Gasteiger partial charge in [-0.05, 0) is 0 Å². The van der Waals surface area contributed by atoms with Gasteiger partial charge in [0.1, 0.15) is 0 Å². The summed E-state index contributed by atoms with van der Waals surface area (Å²) < 4.78 is 4.07. The third-order valence-corrected chi connectivity index (χ3v) is 14.9. The Labute approximate surface area is 221 Å². The van der Waals surface area contributed by atoms with Crippen molar-refractivity contribution in [3.05, 3.63) is 97.9 Å². The number of benzene rings is 2. The third kappa shape index (κ3) is 5.64. The van der Waals surface area contributed by atoms with Crippen molar-refractivity contribution >= 4 is 9.28 Å². The smallest absolute Gasteiger partial charge is 1.00 e. The molecule has 0 amide bonds. The first-order valence-corrected chi connectivity index (χ1v) is 15.4. The van der Waals surface area contributed by atoms with Crippen LogP contribution in [-0.4, -0.2) is 3.21 Å². The Balaban J connectivity index is 0.00000193. The Bertz CT molecular complexity index is 1120. The van der Waals surface area contributed by atoms with Gasteiger partial charge in [-0.25, -0.2) is 0 Å². The van der Waals surface area contributed by atoms with E-state index >= 15 is 0 Å². The molecule has 0 spiro atoms. The molecule has 2 aromatic carbocycles. The minimum absolute atomic E-state index is 0. The average Bonchev–Trinajstić information content (AvgIpc) is 3.34. The van der Waals surface area contributed by atoms with Crippen LogP contribution in [0.3, 0.4) is 0 Å². The van der Waals surface area contributed by atoms with Crippen LogP contribution < -0.4 is 24.8 Å². The molecule has 0 heterocycles. The minimum atomic E-state index is -2.29. The van der Waals surface area contributed by atoms with Crippen molar-refractivity contribution in [3.8, 4) is 0 Å². The van der Waals surface area contributed by atoms with Crippen molar-refractivity contribution in [2.45, 2.75) is 58.5 Å². The van der Waals surface area contributed by atoms with Crippen LogP contribution in [0.2, 0.25) is 0 Å². The molecule has 0 aliphatic heterocycles. The van der Waals surface area contributed by atoms with E-state index in [1.54, 1.807) is 19.9 Å². The fourth-order valence-corrected chi connectivity index (χ4v) is 14.5. The number of halogens is 2. The molecule has 0 aromatic heterocycles. The van der Waals surface area contributed by atoms with E-state index in [4.69, 9.17) is 0 Å². The first kappa shape index (κ1) is 28.2. The molecule has 33 heavy (non-hydrogen) atoms. The van der Waals surface area contributed by atoms with Gasteiger partial charge in [0.05, 0.1) is 0 Å². The Kier molecular flexibility index (Phi) is 9.17. The predicted octanol–water partition coefficient (Wildman–Crippen LogP) is 2.30. The Morgan fingerprint density at radius 1 is 0.818 bits per heavy atom. The van der Waals surface area contributed by atoms with Crippen molar-refractivity contribution in [1.29, 1.82) is 0 Å². The van der Waals surface area contributed by atoms with Crippen LogP contribution in [0.15, 0.2) is 81.2 Å². The molecule has 4 rings (SSSR count). The van der Waals surface area contributed by atoms with Gasteiger partial charge in [-0.3, -0.25) is 0 Å². The molecule has 0 bridgehead atoms. The van der Waals surface area contributed by atoms with Crippen molar-refractivity contribution in [1.82, 2.24) is 0 Å². The molecule has 2 aliphatic carbocycles. The molecule has 174 valence electrons. The van der Waals surface area contributed by atoms with E-state index in [1.807, 2.05) is 3.28 Å². The topological polar surface area (TPSA) is 0 Å². The van der Waals surface area contributed by atoms with Crippen LogP contribution in [0, 0.1) is 10.8 Å². The Morgan fingerprint density at radius 2 is 1.42 bits per heavy atom. The minimum Gasteiger partial charge on any atom is -1.00 e. The summed E-state index contributed by atoms with van der Waals surface area (Å²) in [6.07, 6.45) is 8.63. The first-order chi connectivity index (χ1) is 14.6. The maximum Gasteiger partial charge on any atom is -1.00 e. The van der Waals surface area contributed by atoms with E-state index in [-0.39, 0.29) is 35.6 Å². The number of fused-ring (bicyclic) bond motifs is 1. The van der Waals surface area contributed by atoms with Gasteiger partial charge in [0, 0.05) is 0 Å². The summed E-state index contributed by atoms with van der Waals surface area (Å²) in [4.78, 5) is 0. The summed E-state index contributed by atoms with van der Waals surface area (Å²) >= 11 is -2.29. The predicted molar refractivity (Wildman–Crippen MR) is 133 cm³/mol. The number of hydrogen-bond acceptors (Lipinski definition) is 0. The van der Waals surface area contributed by atoms with Crippen LogP contribution in [0.25, 0.3) is 6.08 Å². The number of allylic oxidation sites excluding steroid dienone is 5. The summed E-state index contributed by atoms with van der Waals surface area (Å²) in [7, 11) is 0. The van der Waals surface area contributed by atoms with Crippen molar-refractivity contribution < 1.29 is 46.1 Å².